The Morgan fingerprint density at radius 1 is 0.901 bits per heavy atom. The lowest BCUT2D eigenvalue weighted by Gasteiger charge is -2.39. The summed E-state index contributed by atoms with van der Waals surface area (Å²) >= 11 is 0. The lowest BCUT2D eigenvalue weighted by atomic mass is 9.80. The number of carbonyl (C=O) groups excluding carboxylic acids is 2. The van der Waals surface area contributed by atoms with Gasteiger partial charge in [-0.1, -0.05) is 60.5 Å². The SMILES string of the molecule is COc1ccc(C(OC[C@H]2O[C@@H](n3nc(C#CC(COC(C)=O)COC(C)=O)c4c(/N=C\N(C)C)ncnc43)C[C@H]2OP(OCCC#N)N(C(C)C)C(C)C)(c2ccccc2)c2ccc(OC)cc2)cc1. The Morgan fingerprint density at radius 3 is 2.03 bits per heavy atom. The van der Waals surface area contributed by atoms with Crippen molar-refractivity contribution in [1.82, 2.24) is 29.3 Å². The van der Waals surface area contributed by atoms with Crippen LogP contribution in [0.3, 0.4) is 0 Å². The maximum Gasteiger partial charge on any atom is 0.302 e. The Bertz CT molecular complexity index is 2590. The minimum absolute atomic E-state index is 0.00600. The summed E-state index contributed by atoms with van der Waals surface area (Å²) in [4.78, 5) is 39.3. The highest BCUT2D eigenvalue weighted by molar-refractivity contribution is 7.44. The molecule has 0 saturated carbocycles. The first-order chi connectivity index (χ1) is 34.2. The highest BCUT2D eigenvalue weighted by Gasteiger charge is 2.46. The number of hydrogen-bond donors (Lipinski definition) is 0. The van der Waals surface area contributed by atoms with Gasteiger partial charge < -0.3 is 42.4 Å². The number of methoxy groups -OCH3 is 2. The molecule has 19 heteroatoms. The third-order valence-electron chi connectivity index (χ3n) is 11.2. The standard InChI is InChI=1S/C52H63N8O10P/c1-35(2)60(36(3)4)71(68-28-14-27-53)70-46-29-48(59-51-49(50(54-33-55-51)56-34-58(7)8)45(57-59)26-17-39(30-65-37(5)61)31-66-38(6)62)69-47(46)32-67-52(40-15-12-11-13-16-40,41-18-22-43(63-9)23-19-41)42-20-24-44(64-10)25-21-42/h11-13,15-16,18-25,33-36,39,46-48H,14,28-32H2,1-10H3/b56-34-/t46-,47-,48-,71?/m1/s1. The second-order valence-corrected chi connectivity index (χ2v) is 18.7. The highest BCUT2D eigenvalue weighted by Crippen LogP contribution is 2.51. The average molecular weight is 991 g/mol. The van der Waals surface area contributed by atoms with E-state index in [-0.39, 0.29) is 57.0 Å². The molecule has 1 unspecified atom stereocenters. The van der Waals surface area contributed by atoms with Gasteiger partial charge in [0.15, 0.2) is 17.7 Å². The van der Waals surface area contributed by atoms with Crippen LogP contribution in [0, 0.1) is 29.1 Å². The summed E-state index contributed by atoms with van der Waals surface area (Å²) in [7, 11) is 5.18. The predicted octanol–water partition coefficient (Wildman–Crippen LogP) is 8.12. The van der Waals surface area contributed by atoms with Gasteiger partial charge in [0.1, 0.15) is 48.4 Å². The second-order valence-electron chi connectivity index (χ2n) is 17.3. The molecule has 1 fully saturated rings. The van der Waals surface area contributed by atoms with Crippen LogP contribution in [-0.4, -0.2) is 127 Å². The smallest absolute Gasteiger partial charge is 0.302 e. The van der Waals surface area contributed by atoms with Crippen LogP contribution in [0.15, 0.2) is 90.2 Å². The molecule has 0 radical (unpaired) electrons. The van der Waals surface area contributed by atoms with E-state index in [1.165, 1.54) is 20.2 Å². The predicted molar refractivity (Wildman–Crippen MR) is 268 cm³/mol. The summed E-state index contributed by atoms with van der Waals surface area (Å²) < 4.78 is 53.7. The minimum atomic E-state index is -1.75. The number of esters is 2. The van der Waals surface area contributed by atoms with Gasteiger partial charge >= 0.3 is 11.9 Å². The third-order valence-corrected chi connectivity index (χ3v) is 13.4. The van der Waals surface area contributed by atoms with Crippen LogP contribution in [0.4, 0.5) is 5.82 Å². The Hall–Kier alpha value is -6.50. The number of aliphatic imine (C=N–C) groups is 1. The average Bonchev–Trinajstić information content (AvgIpc) is 3.94. The molecule has 1 aliphatic heterocycles. The molecule has 0 N–H and O–H groups in total. The fraction of sp³-hybridized carbons (Fsp3) is 0.442. The molecule has 6 rings (SSSR count). The zero-order valence-corrected chi connectivity index (χ0v) is 42.9. The van der Waals surface area contributed by atoms with Crippen LogP contribution in [0.2, 0.25) is 0 Å². The molecule has 376 valence electrons. The Labute approximate surface area is 417 Å². The molecule has 3 heterocycles. The van der Waals surface area contributed by atoms with E-state index in [4.69, 9.17) is 47.6 Å². The number of ether oxygens (including phenoxy) is 6. The molecule has 0 spiro atoms. The number of nitrogens with zero attached hydrogens (tertiary/aromatic N) is 8. The van der Waals surface area contributed by atoms with Crippen molar-refractivity contribution >= 4 is 43.7 Å². The first-order valence-corrected chi connectivity index (χ1v) is 24.4. The van der Waals surface area contributed by atoms with Gasteiger partial charge in [-0.05, 0) is 74.6 Å². The first-order valence-electron chi connectivity index (χ1n) is 23.3. The fourth-order valence-electron chi connectivity index (χ4n) is 8.05. The number of carbonyl (C=O) groups is 2. The second kappa shape index (κ2) is 25.6. The topological polar surface area (TPSA) is 194 Å². The van der Waals surface area contributed by atoms with Crippen LogP contribution in [0.5, 0.6) is 11.5 Å². The summed E-state index contributed by atoms with van der Waals surface area (Å²) in [6, 6.07) is 27.8. The normalized spacial score (nSPS) is 16.3. The minimum Gasteiger partial charge on any atom is -0.497 e. The van der Waals surface area contributed by atoms with Crippen molar-refractivity contribution in [3.63, 3.8) is 0 Å². The van der Waals surface area contributed by atoms with Crippen LogP contribution >= 0.6 is 8.53 Å². The van der Waals surface area contributed by atoms with Gasteiger partial charge in [-0.25, -0.2) is 24.3 Å². The third kappa shape index (κ3) is 13.7. The van der Waals surface area contributed by atoms with Crippen LogP contribution in [0.1, 0.15) is 83.0 Å². The van der Waals surface area contributed by atoms with Gasteiger partial charge in [0.2, 0.25) is 0 Å². The molecule has 0 aliphatic carbocycles. The van der Waals surface area contributed by atoms with Crippen molar-refractivity contribution < 1.29 is 47.1 Å². The maximum atomic E-state index is 11.8. The van der Waals surface area contributed by atoms with E-state index in [0.29, 0.717) is 28.4 Å². The largest absolute Gasteiger partial charge is 0.497 e. The van der Waals surface area contributed by atoms with E-state index in [2.05, 4.69) is 60.3 Å². The maximum absolute atomic E-state index is 11.8. The van der Waals surface area contributed by atoms with Gasteiger partial charge in [0, 0.05) is 46.4 Å². The van der Waals surface area contributed by atoms with E-state index in [0.717, 1.165) is 16.7 Å². The van der Waals surface area contributed by atoms with Gasteiger partial charge in [0.25, 0.3) is 8.53 Å². The molecule has 1 aliphatic rings. The molecule has 18 nitrogen and oxygen atoms in total. The zero-order chi connectivity index (χ0) is 51.1. The van der Waals surface area contributed by atoms with Crippen LogP contribution < -0.4 is 9.47 Å². The Morgan fingerprint density at radius 2 is 1.49 bits per heavy atom. The highest BCUT2D eigenvalue weighted by atomic mass is 31.2. The Kier molecular flexibility index (Phi) is 19.4. The van der Waals surface area contributed by atoms with E-state index in [1.54, 1.807) is 30.1 Å². The summed E-state index contributed by atoms with van der Waals surface area (Å²) in [6.07, 6.45) is 1.23. The van der Waals surface area contributed by atoms with Crippen molar-refractivity contribution in [3.8, 4) is 29.4 Å². The molecular weight excluding hydrogens is 928 g/mol. The molecule has 0 bridgehead atoms. The van der Waals surface area contributed by atoms with E-state index in [9.17, 15) is 14.9 Å². The van der Waals surface area contributed by atoms with E-state index < -0.39 is 50.4 Å². The number of fused-ring (bicyclic) bond motifs is 1. The first kappa shape index (κ1) is 53.8. The number of aromatic nitrogens is 4. The number of benzene rings is 3. The molecule has 3 aromatic carbocycles. The lowest BCUT2D eigenvalue weighted by molar-refractivity contribution is -0.144. The monoisotopic (exact) mass is 990 g/mol. The summed E-state index contributed by atoms with van der Waals surface area (Å²) in [5.41, 5.74) is 1.98. The number of nitriles is 1. The van der Waals surface area contributed by atoms with E-state index in [1.807, 2.05) is 93.0 Å². The number of rotatable bonds is 23. The van der Waals surface area contributed by atoms with Gasteiger partial charge in [-0.2, -0.15) is 10.4 Å². The molecule has 1 saturated heterocycles. The number of hydrogen-bond acceptors (Lipinski definition) is 16. The summed E-state index contributed by atoms with van der Waals surface area (Å²) in [6.45, 7) is 10.8. The summed E-state index contributed by atoms with van der Waals surface area (Å²) in [5, 5.41) is 15.0. The summed E-state index contributed by atoms with van der Waals surface area (Å²) in [5.74, 6) is 6.20. The van der Waals surface area contributed by atoms with Crippen molar-refractivity contribution in [1.29, 1.82) is 5.26 Å². The van der Waals surface area contributed by atoms with Gasteiger partial charge in [-0.15, -0.1) is 0 Å². The molecule has 0 amide bonds. The molecule has 4 atom stereocenters. The van der Waals surface area contributed by atoms with Crippen molar-refractivity contribution in [2.75, 3.05) is 54.7 Å². The van der Waals surface area contributed by atoms with Crippen molar-refractivity contribution in [3.05, 3.63) is 108 Å². The van der Waals surface area contributed by atoms with Crippen LogP contribution in [-0.2, 0) is 43.2 Å². The molecule has 2 aromatic heterocycles. The molecule has 71 heavy (non-hydrogen) atoms. The van der Waals surface area contributed by atoms with Crippen LogP contribution in [0.25, 0.3) is 11.0 Å². The van der Waals surface area contributed by atoms with Crippen molar-refractivity contribution in [2.45, 2.75) is 90.5 Å². The Balaban J connectivity index is 1.51. The quantitative estimate of drug-likeness (QED) is 0.0116. The lowest BCUT2D eigenvalue weighted by Crippen LogP contribution is -2.39. The molecular formula is C52H63N8O10P. The molecule has 5 aromatic rings. The van der Waals surface area contributed by atoms with Gasteiger partial charge in [0.05, 0.1) is 63.7 Å². The fourth-order valence-corrected chi connectivity index (χ4v) is 9.81. The van der Waals surface area contributed by atoms with Crippen molar-refractivity contribution in [2.24, 2.45) is 10.9 Å². The zero-order valence-electron chi connectivity index (χ0n) is 42.0. The van der Waals surface area contributed by atoms with E-state index >= 15 is 0 Å². The van der Waals surface area contributed by atoms with Gasteiger partial charge in [-0.3, -0.25) is 9.59 Å².